The lowest BCUT2D eigenvalue weighted by molar-refractivity contribution is 0.645. The maximum atomic E-state index is 7.83. The van der Waals surface area contributed by atoms with Gasteiger partial charge in [0.2, 0.25) is 5.69 Å². The standard InChI is InChI=1S/C26H24N4/c1-18(2)17-21-14-10-16-23(27-4)24(21)30-25(20-12-6-5-7-13-20)28-29-26(30)22-15-9-8-11-19(22)3/h5-16,18H,17H2,1-3H3. The summed E-state index contributed by atoms with van der Waals surface area (Å²) in [6.07, 6.45) is 0.873. The molecular weight excluding hydrogens is 368 g/mol. The molecule has 1 heterocycles. The SMILES string of the molecule is [C-]#[N+]c1cccc(CC(C)C)c1-n1c(-c2ccccc2)nnc1-c1ccccc1C. The molecule has 1 aromatic heterocycles. The summed E-state index contributed by atoms with van der Waals surface area (Å²) in [5.41, 5.74) is 5.73. The third-order valence-electron chi connectivity index (χ3n) is 5.15. The van der Waals surface area contributed by atoms with Gasteiger partial charge in [0, 0.05) is 11.1 Å². The summed E-state index contributed by atoms with van der Waals surface area (Å²) >= 11 is 0. The van der Waals surface area contributed by atoms with Gasteiger partial charge >= 0.3 is 0 Å². The molecule has 0 atom stereocenters. The lowest BCUT2D eigenvalue weighted by Gasteiger charge is -2.18. The van der Waals surface area contributed by atoms with Crippen molar-refractivity contribution in [3.63, 3.8) is 0 Å². The van der Waals surface area contributed by atoms with E-state index >= 15 is 0 Å². The van der Waals surface area contributed by atoms with Crippen LogP contribution in [0.5, 0.6) is 0 Å². The van der Waals surface area contributed by atoms with Crippen LogP contribution in [0.4, 0.5) is 5.69 Å². The Hall–Kier alpha value is -3.71. The number of benzene rings is 3. The molecular formula is C26H24N4. The first-order chi connectivity index (χ1) is 14.6. The van der Waals surface area contributed by atoms with Crippen molar-refractivity contribution in [2.75, 3.05) is 0 Å². The lowest BCUT2D eigenvalue weighted by Crippen LogP contribution is -2.07. The second kappa shape index (κ2) is 8.34. The van der Waals surface area contributed by atoms with Gasteiger partial charge in [-0.05, 0) is 30.4 Å². The second-order valence-corrected chi connectivity index (χ2v) is 7.86. The first-order valence-corrected chi connectivity index (χ1v) is 10.2. The predicted octanol–water partition coefficient (Wildman–Crippen LogP) is 6.66. The van der Waals surface area contributed by atoms with E-state index in [-0.39, 0.29) is 0 Å². The van der Waals surface area contributed by atoms with Crippen LogP contribution in [0, 0.1) is 19.4 Å². The summed E-state index contributed by atoms with van der Waals surface area (Å²) in [6.45, 7) is 14.3. The van der Waals surface area contributed by atoms with Crippen molar-refractivity contribution in [1.29, 1.82) is 0 Å². The van der Waals surface area contributed by atoms with Crippen LogP contribution in [0.25, 0.3) is 33.3 Å². The first-order valence-electron chi connectivity index (χ1n) is 10.2. The van der Waals surface area contributed by atoms with Crippen LogP contribution < -0.4 is 0 Å². The minimum absolute atomic E-state index is 0.461. The van der Waals surface area contributed by atoms with Gasteiger partial charge in [-0.1, -0.05) is 86.6 Å². The number of aryl methyl sites for hydroxylation is 1. The topological polar surface area (TPSA) is 35.1 Å². The highest BCUT2D eigenvalue weighted by atomic mass is 15.3. The highest BCUT2D eigenvalue weighted by Crippen LogP contribution is 2.37. The molecule has 0 N–H and O–H groups in total. The van der Waals surface area contributed by atoms with Crippen LogP contribution in [0.3, 0.4) is 0 Å². The van der Waals surface area contributed by atoms with Gasteiger partial charge in [-0.25, -0.2) is 4.85 Å². The molecule has 0 bridgehead atoms. The second-order valence-electron chi connectivity index (χ2n) is 7.86. The Kier molecular flexibility index (Phi) is 5.45. The van der Waals surface area contributed by atoms with E-state index in [0.717, 1.165) is 46.0 Å². The highest BCUT2D eigenvalue weighted by Gasteiger charge is 2.22. The fourth-order valence-corrected chi connectivity index (χ4v) is 3.80. The van der Waals surface area contributed by atoms with Crippen molar-refractivity contribution in [1.82, 2.24) is 14.8 Å². The third-order valence-corrected chi connectivity index (χ3v) is 5.15. The number of hydrogen-bond donors (Lipinski definition) is 0. The van der Waals surface area contributed by atoms with Gasteiger partial charge in [0.15, 0.2) is 11.6 Å². The normalized spacial score (nSPS) is 10.9. The molecule has 4 rings (SSSR count). The van der Waals surface area contributed by atoms with E-state index in [1.807, 2.05) is 54.6 Å². The number of nitrogens with zero attached hydrogens (tertiary/aromatic N) is 4. The largest absolute Gasteiger partial charge is 0.285 e. The van der Waals surface area contributed by atoms with Crippen molar-refractivity contribution < 1.29 is 0 Å². The Labute approximate surface area is 177 Å². The lowest BCUT2D eigenvalue weighted by atomic mass is 9.99. The van der Waals surface area contributed by atoms with Gasteiger partial charge in [-0.2, -0.15) is 0 Å². The summed E-state index contributed by atoms with van der Waals surface area (Å²) in [4.78, 5) is 3.86. The van der Waals surface area contributed by atoms with E-state index < -0.39 is 0 Å². The molecule has 0 aliphatic heterocycles. The molecule has 0 spiro atoms. The van der Waals surface area contributed by atoms with E-state index in [0.29, 0.717) is 11.6 Å². The van der Waals surface area contributed by atoms with Gasteiger partial charge in [-0.15, -0.1) is 10.2 Å². The Morgan fingerprint density at radius 2 is 1.57 bits per heavy atom. The van der Waals surface area contributed by atoms with Gasteiger partial charge < -0.3 is 0 Å². The van der Waals surface area contributed by atoms with Gasteiger partial charge in [0.25, 0.3) is 0 Å². The zero-order chi connectivity index (χ0) is 21.1. The summed E-state index contributed by atoms with van der Waals surface area (Å²) in [7, 11) is 0. The van der Waals surface area contributed by atoms with Gasteiger partial charge in [0.05, 0.1) is 12.3 Å². The fraction of sp³-hybridized carbons (Fsp3) is 0.192. The smallest absolute Gasteiger partial charge is 0.210 e. The van der Waals surface area contributed by atoms with Crippen molar-refractivity contribution in [2.24, 2.45) is 5.92 Å². The van der Waals surface area contributed by atoms with Crippen LogP contribution in [-0.2, 0) is 6.42 Å². The Morgan fingerprint density at radius 1 is 0.867 bits per heavy atom. The van der Waals surface area contributed by atoms with E-state index in [9.17, 15) is 0 Å². The molecule has 0 unspecified atom stereocenters. The molecule has 0 saturated heterocycles. The summed E-state index contributed by atoms with van der Waals surface area (Å²) in [5, 5.41) is 9.19. The molecule has 0 fully saturated rings. The average Bonchev–Trinajstić information content (AvgIpc) is 3.18. The van der Waals surface area contributed by atoms with Crippen LogP contribution >= 0.6 is 0 Å². The van der Waals surface area contributed by atoms with Crippen LogP contribution in [0.1, 0.15) is 25.0 Å². The monoisotopic (exact) mass is 392 g/mol. The Morgan fingerprint density at radius 3 is 2.27 bits per heavy atom. The summed E-state index contributed by atoms with van der Waals surface area (Å²) in [6, 6.07) is 24.2. The summed E-state index contributed by atoms with van der Waals surface area (Å²) < 4.78 is 2.07. The molecule has 30 heavy (non-hydrogen) atoms. The zero-order valence-corrected chi connectivity index (χ0v) is 17.5. The van der Waals surface area contributed by atoms with Crippen LogP contribution in [-0.4, -0.2) is 14.8 Å². The van der Waals surface area contributed by atoms with Gasteiger partial charge in [-0.3, -0.25) is 4.57 Å². The minimum atomic E-state index is 0.461. The zero-order valence-electron chi connectivity index (χ0n) is 17.5. The highest BCUT2D eigenvalue weighted by molar-refractivity contribution is 5.75. The fourth-order valence-electron chi connectivity index (χ4n) is 3.80. The van der Waals surface area contributed by atoms with Crippen molar-refractivity contribution >= 4 is 5.69 Å². The molecule has 0 aliphatic rings. The molecule has 0 aliphatic carbocycles. The minimum Gasteiger partial charge on any atom is -0.285 e. The maximum Gasteiger partial charge on any atom is 0.210 e. The molecule has 148 valence electrons. The molecule has 0 saturated carbocycles. The van der Waals surface area contributed by atoms with E-state index in [4.69, 9.17) is 6.57 Å². The summed E-state index contributed by atoms with van der Waals surface area (Å²) in [5.74, 6) is 1.96. The molecule has 3 aromatic carbocycles. The van der Waals surface area contributed by atoms with Crippen molar-refractivity contribution in [3.8, 4) is 28.5 Å². The number of hydrogen-bond acceptors (Lipinski definition) is 2. The molecule has 0 amide bonds. The predicted molar refractivity (Wildman–Crippen MR) is 122 cm³/mol. The van der Waals surface area contributed by atoms with E-state index in [1.165, 1.54) is 0 Å². The van der Waals surface area contributed by atoms with E-state index in [1.54, 1.807) is 0 Å². The average molecular weight is 393 g/mol. The quantitative estimate of drug-likeness (QED) is 0.356. The molecule has 4 nitrogen and oxygen atoms in total. The van der Waals surface area contributed by atoms with E-state index in [2.05, 4.69) is 58.6 Å². The molecule has 0 radical (unpaired) electrons. The molecule has 4 aromatic rings. The third kappa shape index (κ3) is 3.62. The van der Waals surface area contributed by atoms with Crippen LogP contribution in [0.2, 0.25) is 0 Å². The number of para-hydroxylation sites is 1. The number of rotatable bonds is 5. The van der Waals surface area contributed by atoms with Crippen molar-refractivity contribution in [2.45, 2.75) is 27.2 Å². The maximum absolute atomic E-state index is 7.83. The van der Waals surface area contributed by atoms with Gasteiger partial charge in [0.1, 0.15) is 0 Å². The first kappa shape index (κ1) is 19.6. The number of aromatic nitrogens is 3. The van der Waals surface area contributed by atoms with Crippen LogP contribution in [0.15, 0.2) is 72.8 Å². The van der Waals surface area contributed by atoms with Crippen molar-refractivity contribution in [3.05, 3.63) is 95.3 Å². The Bertz CT molecular complexity index is 1210. The Balaban J connectivity index is 2.08. The molecule has 4 heteroatoms.